The first kappa shape index (κ1) is 29.0. The summed E-state index contributed by atoms with van der Waals surface area (Å²) < 4.78 is 0. The Morgan fingerprint density at radius 2 is 1.75 bits per heavy atom. The Hall–Kier alpha value is -4.04. The van der Waals surface area contributed by atoms with Crippen LogP contribution >= 0.6 is 11.8 Å². The van der Waals surface area contributed by atoms with E-state index in [-0.39, 0.29) is 24.9 Å². The van der Waals surface area contributed by atoms with Crippen LogP contribution in [0.25, 0.3) is 5.57 Å². The van der Waals surface area contributed by atoms with E-state index >= 15 is 0 Å². The first-order valence-electron chi connectivity index (χ1n) is 13.6. The molecule has 3 N–H and O–H groups in total. The molecule has 0 bridgehead atoms. The normalized spacial score (nSPS) is 12.8. The fraction of sp³-hybridized carbons (Fsp3) is 0.281. The summed E-state index contributed by atoms with van der Waals surface area (Å²) in [5.41, 5.74) is 5.33. The van der Waals surface area contributed by atoms with E-state index in [0.717, 1.165) is 40.4 Å². The number of nitrogens with zero attached hydrogens (tertiary/aromatic N) is 1. The van der Waals surface area contributed by atoms with Gasteiger partial charge in [-0.05, 0) is 90.6 Å². The lowest BCUT2D eigenvalue weighted by Crippen LogP contribution is -2.34. The summed E-state index contributed by atoms with van der Waals surface area (Å²) in [4.78, 5) is 39.4. The molecular formula is C32H35N3O4S. The molecule has 0 fully saturated rings. The van der Waals surface area contributed by atoms with E-state index in [2.05, 4.69) is 35.8 Å². The minimum absolute atomic E-state index is 0.0642. The number of carbonyl (C=O) groups is 3. The number of nitrogens with one attached hydrogen (secondary N) is 2. The van der Waals surface area contributed by atoms with Crippen LogP contribution in [0.15, 0.2) is 83.8 Å². The van der Waals surface area contributed by atoms with Gasteiger partial charge in [0.1, 0.15) is 0 Å². The average molecular weight is 558 g/mol. The van der Waals surface area contributed by atoms with Crippen LogP contribution in [-0.4, -0.2) is 35.3 Å². The van der Waals surface area contributed by atoms with Crippen molar-refractivity contribution in [2.24, 2.45) is 0 Å². The molecule has 3 aromatic rings. The van der Waals surface area contributed by atoms with Crippen molar-refractivity contribution in [1.82, 2.24) is 5.32 Å². The number of rotatable bonds is 11. The number of carbonyl (C=O) groups excluding carboxylic acids is 2. The highest BCUT2D eigenvalue weighted by molar-refractivity contribution is 7.99. The maximum absolute atomic E-state index is 13.6. The monoisotopic (exact) mass is 557 g/mol. The van der Waals surface area contributed by atoms with Gasteiger partial charge in [-0.15, -0.1) is 11.8 Å². The number of urea groups is 1. The van der Waals surface area contributed by atoms with Gasteiger partial charge in [0, 0.05) is 28.4 Å². The number of hydrogen-bond acceptors (Lipinski definition) is 4. The number of thioether (sulfide) groups is 1. The quantitative estimate of drug-likeness (QED) is 0.217. The summed E-state index contributed by atoms with van der Waals surface area (Å²) in [6.45, 7) is 2.46. The molecule has 0 heterocycles. The van der Waals surface area contributed by atoms with E-state index in [1.165, 1.54) is 24.0 Å². The van der Waals surface area contributed by atoms with E-state index in [1.807, 2.05) is 48.5 Å². The molecule has 3 amide bonds. The van der Waals surface area contributed by atoms with Gasteiger partial charge >= 0.3 is 12.0 Å². The molecular weight excluding hydrogens is 522 g/mol. The van der Waals surface area contributed by atoms with E-state index in [0.29, 0.717) is 12.1 Å². The molecule has 0 spiro atoms. The number of amides is 3. The highest BCUT2D eigenvalue weighted by Crippen LogP contribution is 2.29. The van der Waals surface area contributed by atoms with Crippen LogP contribution in [0.1, 0.15) is 60.5 Å². The van der Waals surface area contributed by atoms with Crippen molar-refractivity contribution >= 4 is 46.6 Å². The average Bonchev–Trinajstić information content (AvgIpc) is 2.97. The Morgan fingerprint density at radius 1 is 0.975 bits per heavy atom. The number of anilines is 2. The van der Waals surface area contributed by atoms with Gasteiger partial charge in [0.15, 0.2) is 0 Å². The van der Waals surface area contributed by atoms with Crippen LogP contribution in [0.2, 0.25) is 0 Å². The van der Waals surface area contributed by atoms with Crippen LogP contribution in [0.4, 0.5) is 16.2 Å². The number of hydrogen-bond donors (Lipinski definition) is 3. The highest BCUT2D eigenvalue weighted by atomic mass is 32.2. The fourth-order valence-electron chi connectivity index (χ4n) is 4.59. The van der Waals surface area contributed by atoms with Crippen LogP contribution in [0.5, 0.6) is 0 Å². The van der Waals surface area contributed by atoms with Gasteiger partial charge in [-0.3, -0.25) is 14.5 Å². The zero-order chi connectivity index (χ0) is 28.3. The Kier molecular flexibility index (Phi) is 10.4. The molecule has 1 aliphatic carbocycles. The van der Waals surface area contributed by atoms with Crippen molar-refractivity contribution in [2.45, 2.75) is 50.5 Å². The summed E-state index contributed by atoms with van der Waals surface area (Å²) in [5, 5.41) is 14.4. The molecule has 0 aromatic heterocycles. The maximum Gasteiger partial charge on any atom is 0.326 e. The zero-order valence-corrected chi connectivity index (χ0v) is 23.5. The van der Waals surface area contributed by atoms with Gasteiger partial charge in [-0.1, -0.05) is 43.3 Å². The van der Waals surface area contributed by atoms with Gasteiger partial charge in [0.25, 0.3) is 5.91 Å². The van der Waals surface area contributed by atoms with Gasteiger partial charge < -0.3 is 15.7 Å². The lowest BCUT2D eigenvalue weighted by atomic mass is 9.93. The van der Waals surface area contributed by atoms with Crippen LogP contribution in [0, 0.1) is 0 Å². The Morgan fingerprint density at radius 3 is 2.42 bits per heavy atom. The molecule has 8 heteroatoms. The minimum atomic E-state index is -0.964. The van der Waals surface area contributed by atoms with Crippen LogP contribution < -0.4 is 15.5 Å². The van der Waals surface area contributed by atoms with Gasteiger partial charge in [0.05, 0.1) is 13.0 Å². The Labute approximate surface area is 239 Å². The molecule has 0 saturated carbocycles. The summed E-state index contributed by atoms with van der Waals surface area (Å²) in [7, 11) is 0. The maximum atomic E-state index is 13.6. The van der Waals surface area contributed by atoms with Crippen molar-refractivity contribution in [1.29, 1.82) is 0 Å². The SMILES string of the molecule is CCSc1cccc(NC(=O)N(Cc2ccc(C(=O)NCCC(=O)O)cc2)c2ccc(C3=CCCCC3)cc2)c1. The predicted octanol–water partition coefficient (Wildman–Crippen LogP) is 7.20. The van der Waals surface area contributed by atoms with Crippen LogP contribution in [0.3, 0.4) is 0 Å². The molecule has 7 nitrogen and oxygen atoms in total. The number of carboxylic acid groups (broad SMARTS) is 1. The second-order valence-electron chi connectivity index (χ2n) is 9.60. The van der Waals surface area contributed by atoms with Crippen molar-refractivity contribution in [3.8, 4) is 0 Å². The molecule has 0 radical (unpaired) electrons. The Bertz CT molecular complexity index is 1350. The molecule has 40 heavy (non-hydrogen) atoms. The second kappa shape index (κ2) is 14.4. The van der Waals surface area contributed by atoms with E-state index < -0.39 is 5.97 Å². The molecule has 208 valence electrons. The van der Waals surface area contributed by atoms with Crippen molar-refractivity contribution in [3.63, 3.8) is 0 Å². The largest absolute Gasteiger partial charge is 0.481 e. The first-order valence-corrected chi connectivity index (χ1v) is 14.6. The molecule has 1 aliphatic rings. The fourth-order valence-corrected chi connectivity index (χ4v) is 5.30. The van der Waals surface area contributed by atoms with E-state index in [9.17, 15) is 14.4 Å². The zero-order valence-electron chi connectivity index (χ0n) is 22.7. The summed E-state index contributed by atoms with van der Waals surface area (Å²) in [6, 6.07) is 22.7. The highest BCUT2D eigenvalue weighted by Gasteiger charge is 2.18. The van der Waals surface area contributed by atoms with Crippen LogP contribution in [-0.2, 0) is 11.3 Å². The number of allylic oxidation sites excluding steroid dienone is 2. The molecule has 0 saturated heterocycles. The number of aliphatic carboxylic acids is 1. The van der Waals surface area contributed by atoms with Crippen molar-refractivity contribution < 1.29 is 19.5 Å². The molecule has 3 aromatic carbocycles. The van der Waals surface area contributed by atoms with E-state index in [4.69, 9.17) is 5.11 Å². The Balaban J connectivity index is 1.53. The summed E-state index contributed by atoms with van der Waals surface area (Å²) in [6.07, 6.45) is 6.79. The summed E-state index contributed by atoms with van der Waals surface area (Å²) >= 11 is 1.72. The van der Waals surface area contributed by atoms with Gasteiger partial charge in [-0.25, -0.2) is 4.79 Å². The third-order valence-corrected chi connectivity index (χ3v) is 7.54. The van der Waals surface area contributed by atoms with Gasteiger partial charge in [-0.2, -0.15) is 0 Å². The first-order chi connectivity index (χ1) is 19.4. The standard InChI is InChI=1S/C32H35N3O4S/c1-2-40-29-10-6-9-27(21-29)34-32(39)35(28-17-15-25(16-18-28)24-7-4-3-5-8-24)22-23-11-13-26(14-12-23)31(38)33-20-19-30(36)37/h6-7,9-18,21H,2-5,8,19-20,22H2,1H3,(H,33,38)(H,34,39)(H,36,37). The third kappa shape index (κ3) is 8.23. The van der Waals surface area contributed by atoms with E-state index in [1.54, 1.807) is 28.8 Å². The van der Waals surface area contributed by atoms with Crippen molar-refractivity contribution in [3.05, 3.63) is 95.6 Å². The number of benzene rings is 3. The lowest BCUT2D eigenvalue weighted by Gasteiger charge is -2.24. The smallest absolute Gasteiger partial charge is 0.326 e. The topological polar surface area (TPSA) is 98.7 Å². The summed E-state index contributed by atoms with van der Waals surface area (Å²) in [5.74, 6) is -0.354. The number of carboxylic acids is 1. The van der Waals surface area contributed by atoms with Crippen molar-refractivity contribution in [2.75, 3.05) is 22.5 Å². The molecule has 0 atom stereocenters. The third-order valence-electron chi connectivity index (χ3n) is 6.66. The lowest BCUT2D eigenvalue weighted by molar-refractivity contribution is -0.136. The molecule has 0 unspecified atom stereocenters. The minimum Gasteiger partial charge on any atom is -0.481 e. The molecule has 0 aliphatic heterocycles. The predicted molar refractivity (Wildman–Crippen MR) is 162 cm³/mol. The molecule has 4 rings (SSSR count). The van der Waals surface area contributed by atoms with Gasteiger partial charge in [0.2, 0.25) is 0 Å². The second-order valence-corrected chi connectivity index (χ2v) is 10.9.